The second kappa shape index (κ2) is 6.90. The number of aryl methyl sites for hydroxylation is 1. The molecule has 0 spiro atoms. The summed E-state index contributed by atoms with van der Waals surface area (Å²) < 4.78 is 33.7. The SMILES string of the molecule is CCOc1cc(C)c(Cl)cc1S(=O)(=O)Nc1cnc2ccccc2c1. The Morgan fingerprint density at radius 3 is 2.72 bits per heavy atom. The lowest BCUT2D eigenvalue weighted by Gasteiger charge is -2.14. The molecule has 0 aliphatic heterocycles. The van der Waals surface area contributed by atoms with E-state index in [1.807, 2.05) is 24.3 Å². The van der Waals surface area contributed by atoms with Crippen molar-refractivity contribution in [3.8, 4) is 5.75 Å². The Kier molecular flexibility index (Phi) is 4.83. The molecule has 0 radical (unpaired) electrons. The first-order valence-electron chi connectivity index (χ1n) is 7.71. The molecule has 0 atom stereocenters. The van der Waals surface area contributed by atoms with E-state index in [2.05, 4.69) is 9.71 Å². The molecule has 2 aromatic carbocycles. The predicted octanol–water partition coefficient (Wildman–Crippen LogP) is 4.40. The third-order valence-corrected chi connectivity index (χ3v) is 5.47. The number of nitrogens with zero attached hydrogens (tertiary/aromatic N) is 1. The zero-order valence-corrected chi connectivity index (χ0v) is 15.4. The Labute approximate surface area is 151 Å². The molecule has 1 N–H and O–H groups in total. The molecule has 3 rings (SSSR count). The van der Waals surface area contributed by atoms with E-state index in [9.17, 15) is 8.42 Å². The largest absolute Gasteiger partial charge is 0.492 e. The van der Waals surface area contributed by atoms with Crippen LogP contribution in [0.1, 0.15) is 12.5 Å². The van der Waals surface area contributed by atoms with Crippen LogP contribution in [0.4, 0.5) is 5.69 Å². The minimum atomic E-state index is -3.87. The number of ether oxygens (including phenoxy) is 1. The summed E-state index contributed by atoms with van der Waals surface area (Å²) >= 11 is 6.11. The van der Waals surface area contributed by atoms with Gasteiger partial charge in [0.05, 0.1) is 24.0 Å². The number of halogens is 1. The van der Waals surface area contributed by atoms with E-state index in [1.165, 1.54) is 12.3 Å². The van der Waals surface area contributed by atoms with Gasteiger partial charge >= 0.3 is 0 Å². The van der Waals surface area contributed by atoms with E-state index in [0.29, 0.717) is 17.3 Å². The van der Waals surface area contributed by atoms with E-state index in [0.717, 1.165) is 16.5 Å². The van der Waals surface area contributed by atoms with Crippen molar-refractivity contribution >= 4 is 38.2 Å². The predicted molar refractivity (Wildman–Crippen MR) is 99.9 cm³/mol. The van der Waals surface area contributed by atoms with Crippen LogP contribution in [0.3, 0.4) is 0 Å². The maximum absolute atomic E-state index is 12.8. The summed E-state index contributed by atoms with van der Waals surface area (Å²) in [6.07, 6.45) is 1.48. The Balaban J connectivity index is 2.02. The number of aromatic nitrogens is 1. The number of anilines is 1. The van der Waals surface area contributed by atoms with Crippen molar-refractivity contribution in [2.45, 2.75) is 18.7 Å². The molecule has 25 heavy (non-hydrogen) atoms. The molecule has 0 saturated carbocycles. The van der Waals surface area contributed by atoms with Crippen molar-refractivity contribution in [2.24, 2.45) is 0 Å². The van der Waals surface area contributed by atoms with E-state index in [1.54, 1.807) is 26.0 Å². The molecule has 130 valence electrons. The number of pyridine rings is 1. The minimum absolute atomic E-state index is 0.00175. The van der Waals surface area contributed by atoms with E-state index in [4.69, 9.17) is 16.3 Å². The fraction of sp³-hybridized carbons (Fsp3) is 0.167. The number of fused-ring (bicyclic) bond motifs is 1. The number of sulfonamides is 1. The second-order valence-electron chi connectivity index (χ2n) is 5.50. The third kappa shape index (κ3) is 3.70. The normalized spacial score (nSPS) is 11.5. The molecule has 0 unspecified atom stereocenters. The van der Waals surface area contributed by atoms with Gasteiger partial charge in [-0.15, -0.1) is 0 Å². The molecule has 5 nitrogen and oxygen atoms in total. The third-order valence-electron chi connectivity index (χ3n) is 3.66. The Morgan fingerprint density at radius 2 is 1.96 bits per heavy atom. The number of para-hydroxylation sites is 1. The average molecular weight is 377 g/mol. The summed E-state index contributed by atoms with van der Waals surface area (Å²) in [5.74, 6) is 0.269. The highest BCUT2D eigenvalue weighted by Crippen LogP contribution is 2.32. The second-order valence-corrected chi connectivity index (χ2v) is 7.56. The lowest BCUT2D eigenvalue weighted by molar-refractivity contribution is 0.331. The van der Waals surface area contributed by atoms with Crippen molar-refractivity contribution in [3.63, 3.8) is 0 Å². The molecule has 0 fully saturated rings. The monoisotopic (exact) mass is 376 g/mol. The summed E-state index contributed by atoms with van der Waals surface area (Å²) in [5.41, 5.74) is 1.91. The van der Waals surface area contributed by atoms with Crippen molar-refractivity contribution in [3.05, 3.63) is 59.2 Å². The number of hydrogen-bond acceptors (Lipinski definition) is 4. The van der Waals surface area contributed by atoms with Gasteiger partial charge in [0.25, 0.3) is 10.0 Å². The van der Waals surface area contributed by atoms with Crippen molar-refractivity contribution in [1.29, 1.82) is 0 Å². The van der Waals surface area contributed by atoms with Crippen molar-refractivity contribution < 1.29 is 13.2 Å². The molecule has 0 aliphatic rings. The van der Waals surface area contributed by atoms with E-state index >= 15 is 0 Å². The molecule has 3 aromatic rings. The quantitative estimate of drug-likeness (QED) is 0.716. The van der Waals surface area contributed by atoms with Gasteiger partial charge in [0.15, 0.2) is 0 Å². The van der Waals surface area contributed by atoms with Gasteiger partial charge in [-0.05, 0) is 43.7 Å². The van der Waals surface area contributed by atoms with Crippen LogP contribution in [0.5, 0.6) is 5.75 Å². The van der Waals surface area contributed by atoms with Gasteiger partial charge in [-0.3, -0.25) is 9.71 Å². The first-order chi connectivity index (χ1) is 11.9. The highest BCUT2D eigenvalue weighted by Gasteiger charge is 2.22. The molecule has 7 heteroatoms. The maximum atomic E-state index is 12.8. The van der Waals surface area contributed by atoms with Gasteiger partial charge in [-0.25, -0.2) is 8.42 Å². The van der Waals surface area contributed by atoms with E-state index < -0.39 is 10.0 Å². The number of hydrogen-bond donors (Lipinski definition) is 1. The summed E-state index contributed by atoms with van der Waals surface area (Å²) in [7, 11) is -3.87. The van der Waals surface area contributed by atoms with Crippen molar-refractivity contribution in [2.75, 3.05) is 11.3 Å². The van der Waals surface area contributed by atoms with Gasteiger partial charge < -0.3 is 4.74 Å². The van der Waals surface area contributed by atoms with Gasteiger partial charge in [0, 0.05) is 10.4 Å². The van der Waals surface area contributed by atoms with Gasteiger partial charge in [0.1, 0.15) is 10.6 Å². The van der Waals surface area contributed by atoms with Crippen LogP contribution < -0.4 is 9.46 Å². The lowest BCUT2D eigenvalue weighted by atomic mass is 10.2. The molecule has 0 bridgehead atoms. The average Bonchev–Trinajstić information content (AvgIpc) is 2.57. The molecule has 0 amide bonds. The van der Waals surface area contributed by atoms with Gasteiger partial charge in [-0.1, -0.05) is 29.8 Å². The Hall–Kier alpha value is -2.31. The Bertz CT molecular complexity index is 1040. The molecule has 1 heterocycles. The Morgan fingerprint density at radius 1 is 1.20 bits per heavy atom. The van der Waals surface area contributed by atoms with E-state index in [-0.39, 0.29) is 10.6 Å². The highest BCUT2D eigenvalue weighted by molar-refractivity contribution is 7.92. The maximum Gasteiger partial charge on any atom is 0.265 e. The fourth-order valence-electron chi connectivity index (χ4n) is 2.45. The summed E-state index contributed by atoms with van der Waals surface area (Å²) in [4.78, 5) is 4.26. The molecule has 1 aromatic heterocycles. The zero-order valence-electron chi connectivity index (χ0n) is 13.8. The number of rotatable bonds is 5. The van der Waals surface area contributed by atoms with Crippen LogP contribution in [0, 0.1) is 6.92 Å². The van der Waals surface area contributed by atoms with Gasteiger partial charge in [0.2, 0.25) is 0 Å². The minimum Gasteiger partial charge on any atom is -0.492 e. The zero-order chi connectivity index (χ0) is 18.0. The molecular weight excluding hydrogens is 360 g/mol. The van der Waals surface area contributed by atoms with Crippen LogP contribution in [0.15, 0.2) is 53.6 Å². The standard InChI is InChI=1S/C18H17ClN2O3S/c1-3-24-17-8-12(2)15(19)10-18(17)25(22,23)21-14-9-13-6-4-5-7-16(13)20-11-14/h4-11,21H,3H2,1-2H3. The van der Waals surface area contributed by atoms with Crippen LogP contribution in [0.2, 0.25) is 5.02 Å². The first kappa shape index (κ1) is 17.5. The number of benzene rings is 2. The molecule has 0 aliphatic carbocycles. The summed E-state index contributed by atoms with van der Waals surface area (Å²) in [6, 6.07) is 12.2. The molecule has 0 saturated heterocycles. The molecular formula is C18H17ClN2O3S. The first-order valence-corrected chi connectivity index (χ1v) is 9.57. The van der Waals surface area contributed by atoms with Gasteiger partial charge in [-0.2, -0.15) is 0 Å². The van der Waals surface area contributed by atoms with Crippen molar-refractivity contribution in [1.82, 2.24) is 4.98 Å². The number of nitrogens with one attached hydrogen (secondary N) is 1. The summed E-state index contributed by atoms with van der Waals surface area (Å²) in [6.45, 7) is 3.93. The van der Waals surface area contributed by atoms with Crippen LogP contribution in [-0.4, -0.2) is 20.0 Å². The van der Waals surface area contributed by atoms with Crippen LogP contribution in [-0.2, 0) is 10.0 Å². The highest BCUT2D eigenvalue weighted by atomic mass is 35.5. The van der Waals surface area contributed by atoms with Crippen LogP contribution in [0.25, 0.3) is 10.9 Å². The van der Waals surface area contributed by atoms with Crippen LogP contribution >= 0.6 is 11.6 Å². The smallest absolute Gasteiger partial charge is 0.265 e. The topological polar surface area (TPSA) is 68.3 Å². The summed E-state index contributed by atoms with van der Waals surface area (Å²) in [5, 5.41) is 1.20. The lowest BCUT2D eigenvalue weighted by Crippen LogP contribution is -2.15. The fourth-order valence-corrected chi connectivity index (χ4v) is 3.87.